The van der Waals surface area contributed by atoms with Gasteiger partial charge in [0.1, 0.15) is 5.54 Å². The van der Waals surface area contributed by atoms with Crippen molar-refractivity contribution in [1.29, 1.82) is 0 Å². The van der Waals surface area contributed by atoms with Crippen molar-refractivity contribution >= 4 is 11.9 Å². The Morgan fingerprint density at radius 2 is 1.75 bits per heavy atom. The summed E-state index contributed by atoms with van der Waals surface area (Å²) in [6.45, 7) is 6.23. The van der Waals surface area contributed by atoms with E-state index in [2.05, 4.69) is 5.32 Å². The number of benzene rings is 2. The summed E-state index contributed by atoms with van der Waals surface area (Å²) in [6, 6.07) is 15.2. The zero-order valence-corrected chi connectivity index (χ0v) is 14.3. The second kappa shape index (κ2) is 6.11. The van der Waals surface area contributed by atoms with Gasteiger partial charge in [-0.25, -0.2) is 4.79 Å². The van der Waals surface area contributed by atoms with E-state index in [0.717, 1.165) is 22.3 Å². The third kappa shape index (κ3) is 2.58. The van der Waals surface area contributed by atoms with Crippen LogP contribution in [0.15, 0.2) is 48.5 Å². The fraction of sp³-hybridized carbons (Fsp3) is 0.300. The predicted octanol–water partition coefficient (Wildman–Crippen LogP) is 3.66. The summed E-state index contributed by atoms with van der Waals surface area (Å²) < 4.78 is 0. The summed E-state index contributed by atoms with van der Waals surface area (Å²) in [4.78, 5) is 27.0. The van der Waals surface area contributed by atoms with Crippen LogP contribution in [0.5, 0.6) is 0 Å². The maximum absolute atomic E-state index is 13.1. The molecule has 2 aromatic carbocycles. The van der Waals surface area contributed by atoms with E-state index in [4.69, 9.17) is 0 Å². The fourth-order valence-electron chi connectivity index (χ4n) is 3.27. The first kappa shape index (κ1) is 16.2. The summed E-state index contributed by atoms with van der Waals surface area (Å²) in [5.41, 5.74) is 3.06. The Bertz CT molecular complexity index is 785. The maximum Gasteiger partial charge on any atom is 0.325 e. The summed E-state index contributed by atoms with van der Waals surface area (Å²) in [5, 5.41) is 2.92. The number of carbonyl (C=O) groups is 2. The lowest BCUT2D eigenvalue weighted by Crippen LogP contribution is -2.43. The minimum absolute atomic E-state index is 0.179. The Hall–Kier alpha value is -2.62. The number of urea groups is 1. The van der Waals surface area contributed by atoms with Crippen molar-refractivity contribution in [3.05, 3.63) is 70.8 Å². The summed E-state index contributed by atoms with van der Waals surface area (Å²) in [7, 11) is 0. The van der Waals surface area contributed by atoms with Crippen molar-refractivity contribution in [2.24, 2.45) is 0 Å². The van der Waals surface area contributed by atoms with E-state index in [-0.39, 0.29) is 11.9 Å². The Labute approximate surface area is 142 Å². The molecule has 0 spiro atoms. The minimum Gasteiger partial charge on any atom is -0.319 e. The molecule has 3 rings (SSSR count). The number of carbonyl (C=O) groups excluding carboxylic acids is 2. The van der Waals surface area contributed by atoms with Crippen molar-refractivity contribution in [2.45, 2.75) is 39.3 Å². The minimum atomic E-state index is -0.962. The molecule has 0 radical (unpaired) electrons. The number of nitrogens with one attached hydrogen (secondary N) is 1. The Balaban J connectivity index is 1.95. The Morgan fingerprint density at radius 3 is 2.42 bits per heavy atom. The standard InChI is InChI=1S/C20H22N2O2/c1-4-20(17-8-6-5-7-9-17)18(23)22(19(24)21-20)13-16-12-14(2)10-11-15(16)3/h5-12H,4,13H2,1-3H3,(H,21,24)/t20-/m0/s1. The van der Waals surface area contributed by atoms with Crippen molar-refractivity contribution in [3.8, 4) is 0 Å². The highest BCUT2D eigenvalue weighted by Crippen LogP contribution is 2.33. The van der Waals surface area contributed by atoms with Crippen LogP contribution >= 0.6 is 0 Å². The van der Waals surface area contributed by atoms with Gasteiger partial charge < -0.3 is 5.32 Å². The number of aryl methyl sites for hydroxylation is 2. The molecule has 2 aromatic rings. The molecule has 0 bridgehead atoms. The molecule has 0 unspecified atom stereocenters. The zero-order chi connectivity index (χ0) is 17.3. The molecule has 0 aromatic heterocycles. The second-order valence-corrected chi connectivity index (χ2v) is 6.38. The molecule has 1 N–H and O–H groups in total. The molecule has 1 heterocycles. The molecule has 0 aliphatic carbocycles. The molecule has 1 fully saturated rings. The summed E-state index contributed by atoms with van der Waals surface area (Å²) in [6.07, 6.45) is 0.519. The highest BCUT2D eigenvalue weighted by Gasteiger charge is 2.51. The molecular formula is C20H22N2O2. The largest absolute Gasteiger partial charge is 0.325 e. The highest BCUT2D eigenvalue weighted by molar-refractivity contribution is 6.07. The van der Waals surface area contributed by atoms with Crippen LogP contribution in [-0.4, -0.2) is 16.8 Å². The van der Waals surface area contributed by atoms with Gasteiger partial charge in [0.15, 0.2) is 0 Å². The van der Waals surface area contributed by atoms with Crippen LogP contribution in [-0.2, 0) is 16.9 Å². The zero-order valence-electron chi connectivity index (χ0n) is 14.3. The van der Waals surface area contributed by atoms with Gasteiger partial charge in [-0.1, -0.05) is 61.0 Å². The second-order valence-electron chi connectivity index (χ2n) is 6.38. The third-order valence-electron chi connectivity index (χ3n) is 4.81. The molecule has 1 saturated heterocycles. The molecule has 1 aliphatic heterocycles. The van der Waals surface area contributed by atoms with Crippen LogP contribution in [0.2, 0.25) is 0 Å². The quantitative estimate of drug-likeness (QED) is 0.873. The SMILES string of the molecule is CC[C@@]1(c2ccccc2)NC(=O)N(Cc2cc(C)ccc2C)C1=O. The van der Waals surface area contributed by atoms with Gasteiger partial charge in [-0.3, -0.25) is 9.69 Å². The molecular weight excluding hydrogens is 300 g/mol. The molecule has 1 aliphatic rings. The van der Waals surface area contributed by atoms with Gasteiger partial charge >= 0.3 is 6.03 Å². The van der Waals surface area contributed by atoms with E-state index in [1.54, 1.807) is 0 Å². The summed E-state index contributed by atoms with van der Waals surface area (Å²) >= 11 is 0. The average molecular weight is 322 g/mol. The van der Waals surface area contributed by atoms with E-state index in [1.165, 1.54) is 4.90 Å². The van der Waals surface area contributed by atoms with Crippen molar-refractivity contribution < 1.29 is 9.59 Å². The lowest BCUT2D eigenvalue weighted by Gasteiger charge is -2.26. The molecule has 24 heavy (non-hydrogen) atoms. The number of rotatable bonds is 4. The van der Waals surface area contributed by atoms with Crippen LogP contribution < -0.4 is 5.32 Å². The monoisotopic (exact) mass is 322 g/mol. The highest BCUT2D eigenvalue weighted by atomic mass is 16.2. The lowest BCUT2D eigenvalue weighted by atomic mass is 9.87. The average Bonchev–Trinajstić information content (AvgIpc) is 2.84. The van der Waals surface area contributed by atoms with Gasteiger partial charge in [0.25, 0.3) is 5.91 Å². The molecule has 4 nitrogen and oxygen atoms in total. The molecule has 4 heteroatoms. The maximum atomic E-state index is 13.1. The van der Waals surface area contributed by atoms with Gasteiger partial charge in [-0.15, -0.1) is 0 Å². The molecule has 0 saturated carbocycles. The first-order valence-electron chi connectivity index (χ1n) is 8.23. The third-order valence-corrected chi connectivity index (χ3v) is 4.81. The first-order chi connectivity index (χ1) is 11.5. The number of nitrogens with zero attached hydrogens (tertiary/aromatic N) is 1. The molecule has 1 atom stereocenters. The van der Waals surface area contributed by atoms with E-state index >= 15 is 0 Å². The van der Waals surface area contributed by atoms with Crippen molar-refractivity contribution in [3.63, 3.8) is 0 Å². The van der Waals surface area contributed by atoms with Gasteiger partial charge in [-0.2, -0.15) is 0 Å². The van der Waals surface area contributed by atoms with Crippen LogP contribution in [0.3, 0.4) is 0 Å². The van der Waals surface area contributed by atoms with E-state index < -0.39 is 5.54 Å². The van der Waals surface area contributed by atoms with E-state index in [1.807, 2.05) is 69.3 Å². The van der Waals surface area contributed by atoms with Crippen LogP contribution in [0, 0.1) is 13.8 Å². The van der Waals surface area contributed by atoms with Gasteiger partial charge in [-0.05, 0) is 37.0 Å². The summed E-state index contributed by atoms with van der Waals surface area (Å²) in [5.74, 6) is -0.179. The van der Waals surface area contributed by atoms with Gasteiger partial charge in [0.05, 0.1) is 6.54 Å². The number of hydrogen-bond donors (Lipinski definition) is 1. The van der Waals surface area contributed by atoms with E-state index in [9.17, 15) is 9.59 Å². The lowest BCUT2D eigenvalue weighted by molar-refractivity contribution is -0.132. The van der Waals surface area contributed by atoms with Crippen molar-refractivity contribution in [2.75, 3.05) is 0 Å². The van der Waals surface area contributed by atoms with Crippen LogP contribution in [0.1, 0.15) is 35.6 Å². The Morgan fingerprint density at radius 1 is 1.04 bits per heavy atom. The van der Waals surface area contributed by atoms with Gasteiger partial charge in [0, 0.05) is 0 Å². The first-order valence-corrected chi connectivity index (χ1v) is 8.23. The normalized spacial score (nSPS) is 20.4. The van der Waals surface area contributed by atoms with Crippen LogP contribution in [0.25, 0.3) is 0 Å². The van der Waals surface area contributed by atoms with E-state index in [0.29, 0.717) is 13.0 Å². The topological polar surface area (TPSA) is 49.4 Å². The smallest absolute Gasteiger partial charge is 0.319 e. The fourth-order valence-corrected chi connectivity index (χ4v) is 3.27. The molecule has 124 valence electrons. The number of imide groups is 1. The molecule has 3 amide bonds. The predicted molar refractivity (Wildman–Crippen MR) is 93.4 cm³/mol. The Kier molecular flexibility index (Phi) is 4.14. The van der Waals surface area contributed by atoms with Crippen molar-refractivity contribution in [1.82, 2.24) is 10.2 Å². The number of amides is 3. The number of hydrogen-bond acceptors (Lipinski definition) is 2. The van der Waals surface area contributed by atoms with Gasteiger partial charge in [0.2, 0.25) is 0 Å². The van der Waals surface area contributed by atoms with Crippen LogP contribution in [0.4, 0.5) is 4.79 Å².